The second-order valence-electron chi connectivity index (χ2n) is 25.0. The number of benzene rings is 13. The molecule has 5 heterocycles. The summed E-state index contributed by atoms with van der Waals surface area (Å²) in [5, 5.41) is 60.9. The van der Waals surface area contributed by atoms with Gasteiger partial charge in [0.15, 0.2) is 0 Å². The molecule has 0 radical (unpaired) electrons. The number of pyridine rings is 1. The minimum atomic E-state index is 0.452. The molecule has 0 fully saturated rings. The predicted octanol–water partition coefficient (Wildman–Crippen LogP) is 21.5. The zero-order chi connectivity index (χ0) is 66.6. The summed E-state index contributed by atoms with van der Waals surface area (Å²) in [5.41, 5.74) is 23.0. The van der Waals surface area contributed by atoms with E-state index in [0.29, 0.717) is 39.1 Å². The number of nitriles is 5. The van der Waals surface area contributed by atoms with Crippen LogP contribution in [0.15, 0.2) is 285 Å². The van der Waals surface area contributed by atoms with E-state index < -0.39 is 0 Å². The van der Waals surface area contributed by atoms with Crippen molar-refractivity contribution in [1.29, 1.82) is 26.3 Å². The Bertz CT molecular complexity index is 6700. The van der Waals surface area contributed by atoms with Crippen LogP contribution in [-0.2, 0) is 0 Å². The average molecular weight is 1260 g/mol. The fourth-order valence-electron chi connectivity index (χ4n) is 15.3. The van der Waals surface area contributed by atoms with Gasteiger partial charge in [-0.25, -0.2) is 0 Å². The van der Waals surface area contributed by atoms with Gasteiger partial charge in [-0.2, -0.15) is 26.3 Å². The van der Waals surface area contributed by atoms with Crippen molar-refractivity contribution < 1.29 is 0 Å². The van der Waals surface area contributed by atoms with Crippen molar-refractivity contribution >= 4 is 87.2 Å². The number of rotatable bonds is 9. The van der Waals surface area contributed by atoms with E-state index in [9.17, 15) is 26.3 Å². The summed E-state index contributed by atoms with van der Waals surface area (Å²) >= 11 is 0. The highest BCUT2D eigenvalue weighted by molar-refractivity contribution is 6.15. The normalized spacial score (nSPS) is 11.4. The van der Waals surface area contributed by atoms with Crippen LogP contribution in [0, 0.1) is 63.6 Å². The van der Waals surface area contributed by atoms with Gasteiger partial charge < -0.3 is 18.3 Å². The van der Waals surface area contributed by atoms with Crippen molar-refractivity contribution in [1.82, 2.24) is 23.3 Å². The van der Waals surface area contributed by atoms with E-state index in [4.69, 9.17) is 4.98 Å². The Balaban J connectivity index is 0.937. The Morgan fingerprint density at radius 2 is 0.515 bits per heavy atom. The summed E-state index contributed by atoms with van der Waals surface area (Å²) in [4.78, 5) is 5.42. The molecule has 99 heavy (non-hydrogen) atoms. The van der Waals surface area contributed by atoms with Crippen LogP contribution in [-0.4, -0.2) is 23.3 Å². The van der Waals surface area contributed by atoms with Crippen LogP contribution < -0.4 is 0 Å². The number of para-hydroxylation sites is 4. The first kappa shape index (κ1) is 57.3. The molecule has 18 rings (SSSR count). The monoisotopic (exact) mass is 1260 g/mol. The fraction of sp³-hybridized carbons (Fsp3) is 0.0112. The van der Waals surface area contributed by atoms with Crippen molar-refractivity contribution in [2.24, 2.45) is 0 Å². The molecule has 0 amide bonds. The lowest BCUT2D eigenvalue weighted by molar-refractivity contribution is 1.18. The number of aromatic nitrogens is 5. The molecule has 0 aliphatic carbocycles. The van der Waals surface area contributed by atoms with Crippen LogP contribution in [0.25, 0.3) is 166 Å². The number of aryl methyl sites for hydroxylation is 1. The highest BCUT2D eigenvalue weighted by atomic mass is 15.0. The summed E-state index contributed by atoms with van der Waals surface area (Å²) < 4.78 is 8.98. The molecule has 10 nitrogen and oxygen atoms in total. The first-order chi connectivity index (χ1) is 48.8. The summed E-state index contributed by atoms with van der Waals surface area (Å²) in [7, 11) is 0. The van der Waals surface area contributed by atoms with Gasteiger partial charge in [-0.1, -0.05) is 127 Å². The molecule has 0 aliphatic heterocycles. The lowest BCUT2D eigenvalue weighted by atomic mass is 9.76. The second kappa shape index (κ2) is 22.7. The molecule has 0 unspecified atom stereocenters. The van der Waals surface area contributed by atoms with E-state index in [0.717, 1.165) is 160 Å². The molecule has 0 N–H and O–H groups in total. The van der Waals surface area contributed by atoms with E-state index in [1.165, 1.54) is 0 Å². The van der Waals surface area contributed by atoms with E-state index >= 15 is 0 Å². The number of hydrogen-bond donors (Lipinski definition) is 0. The van der Waals surface area contributed by atoms with Crippen LogP contribution in [0.4, 0.5) is 0 Å². The Morgan fingerprint density at radius 1 is 0.242 bits per heavy atom. The van der Waals surface area contributed by atoms with Gasteiger partial charge in [-0.15, -0.1) is 0 Å². The minimum Gasteiger partial charge on any atom is -0.309 e. The molecule has 0 aliphatic rings. The van der Waals surface area contributed by atoms with E-state index in [1.807, 2.05) is 146 Å². The zero-order valence-corrected chi connectivity index (χ0v) is 53.1. The third-order valence-corrected chi connectivity index (χ3v) is 19.6. The van der Waals surface area contributed by atoms with E-state index in [2.05, 4.69) is 194 Å². The van der Waals surface area contributed by atoms with Gasteiger partial charge in [0.25, 0.3) is 0 Å². The van der Waals surface area contributed by atoms with Gasteiger partial charge in [-0.3, -0.25) is 4.98 Å². The molecule has 456 valence electrons. The van der Waals surface area contributed by atoms with E-state index in [1.54, 1.807) is 0 Å². The fourth-order valence-corrected chi connectivity index (χ4v) is 15.3. The van der Waals surface area contributed by atoms with Crippen molar-refractivity contribution in [2.75, 3.05) is 0 Å². The zero-order valence-electron chi connectivity index (χ0n) is 53.1. The molecular weight excluding hydrogens is 1210 g/mol. The summed E-state index contributed by atoms with van der Waals surface area (Å²) in [6.45, 7) is 2.00. The average Bonchev–Trinajstić information content (AvgIpc) is 1.64. The number of fused-ring (bicyclic) bond motifs is 12. The molecule has 0 bridgehead atoms. The topological polar surface area (TPSA) is 152 Å². The van der Waals surface area contributed by atoms with Crippen molar-refractivity contribution in [3.8, 4) is 109 Å². The van der Waals surface area contributed by atoms with E-state index in [-0.39, 0.29) is 0 Å². The molecule has 13 aromatic carbocycles. The SMILES string of the molecule is Cc1cccc(-c2c(-c3ccc(-n4c5ccccc5c5cc(C#N)ccc54)cc3)c(C#N)c(-c3ccc(-n4c5ccccc5c5cc(C#N)ccc54)cc3)c(-c3ccc(-n4c5ccccc5c5cc(C#N)ccc54)cc3)c2-c2ccc(-n3c4ccccc4c4cc(C#N)ccc43)cc2)n1. The quantitative estimate of drug-likeness (QED) is 0.140. The van der Waals surface area contributed by atoms with Crippen LogP contribution in [0.2, 0.25) is 0 Å². The maximum atomic E-state index is 12.5. The lowest BCUT2D eigenvalue weighted by Gasteiger charge is -2.26. The minimum absolute atomic E-state index is 0.452. The molecule has 0 atom stereocenters. The molecular formula is C89H50N10. The molecule has 5 aromatic heterocycles. The summed E-state index contributed by atoms with van der Waals surface area (Å²) in [5.74, 6) is 0. The van der Waals surface area contributed by atoms with Crippen molar-refractivity contribution in [2.45, 2.75) is 6.92 Å². The Morgan fingerprint density at radius 3 is 0.808 bits per heavy atom. The third kappa shape index (κ3) is 8.95. The lowest BCUT2D eigenvalue weighted by Crippen LogP contribution is -2.04. The second-order valence-corrected chi connectivity index (χ2v) is 25.0. The van der Waals surface area contributed by atoms with Gasteiger partial charge in [0.05, 0.1) is 102 Å². The highest BCUT2D eigenvalue weighted by Crippen LogP contribution is 2.53. The van der Waals surface area contributed by atoms with Crippen molar-refractivity contribution in [3.63, 3.8) is 0 Å². The first-order valence-corrected chi connectivity index (χ1v) is 32.5. The Labute approximate surface area is 567 Å². The summed E-state index contributed by atoms with van der Waals surface area (Å²) in [6, 6.07) is 109. The number of hydrogen-bond acceptors (Lipinski definition) is 6. The summed E-state index contributed by atoms with van der Waals surface area (Å²) in [6.07, 6.45) is 0. The molecule has 0 spiro atoms. The van der Waals surface area contributed by atoms with Crippen LogP contribution in [0.3, 0.4) is 0 Å². The predicted molar refractivity (Wildman–Crippen MR) is 397 cm³/mol. The van der Waals surface area contributed by atoms with Crippen LogP contribution in [0.1, 0.15) is 33.5 Å². The third-order valence-electron chi connectivity index (χ3n) is 19.6. The maximum Gasteiger partial charge on any atom is 0.100 e. The standard InChI is InChI=1S/C89H50N10/c1-54-11-10-16-76(95-54)89-86(60-27-35-64(36-28-60)97-78-18-7-3-13-68(78)72-46-56(50-91)22-42-82(72)97)75(53-94)85(59-25-33-63(34-26-59)96-77-17-6-2-12-67(77)71-45-55(49-90)21-41-81(71)96)87(61-29-37-65(38-30-61)98-79-19-8-4-14-69(79)73-47-57(51-92)23-43-83(73)98)88(89)62-31-39-66(40-32-62)99-80-20-9-5-15-70(80)74-48-58(52-93)24-44-84(74)99/h2-48H,1H3. The van der Waals surface area contributed by atoms with Crippen LogP contribution in [0.5, 0.6) is 0 Å². The van der Waals surface area contributed by atoms with Gasteiger partial charge in [0.2, 0.25) is 0 Å². The smallest absolute Gasteiger partial charge is 0.100 e. The van der Waals surface area contributed by atoms with Crippen molar-refractivity contribution in [3.05, 3.63) is 319 Å². The maximum absolute atomic E-state index is 12.5. The van der Waals surface area contributed by atoms with Crippen LogP contribution >= 0.6 is 0 Å². The largest absolute Gasteiger partial charge is 0.309 e. The van der Waals surface area contributed by atoms with Gasteiger partial charge in [0, 0.05) is 93.8 Å². The van der Waals surface area contributed by atoms with Gasteiger partial charge in [0.1, 0.15) is 6.07 Å². The molecule has 0 saturated heterocycles. The Kier molecular flexibility index (Phi) is 13.2. The first-order valence-electron chi connectivity index (χ1n) is 32.5. The molecule has 18 aromatic rings. The highest BCUT2D eigenvalue weighted by Gasteiger charge is 2.31. The van der Waals surface area contributed by atoms with Gasteiger partial charge >= 0.3 is 0 Å². The molecule has 10 heteroatoms. The molecule has 0 saturated carbocycles. The Hall–Kier alpha value is -14.3. The number of nitrogens with zero attached hydrogens (tertiary/aromatic N) is 10. The van der Waals surface area contributed by atoms with Gasteiger partial charge in [-0.05, 0) is 192 Å².